The van der Waals surface area contributed by atoms with Gasteiger partial charge >= 0.3 is 0 Å². The number of hydrogen-bond acceptors (Lipinski definition) is 5. The largest absolute Gasteiger partial charge is 0.381 e. The average molecular weight is 443 g/mol. The van der Waals surface area contributed by atoms with Crippen LogP contribution in [0, 0.1) is 11.3 Å². The van der Waals surface area contributed by atoms with Crippen LogP contribution in [0.25, 0.3) is 11.0 Å². The summed E-state index contributed by atoms with van der Waals surface area (Å²) in [5.74, 6) is -0.0326. The molecule has 0 radical (unpaired) electrons. The lowest BCUT2D eigenvalue weighted by Gasteiger charge is -2.33. The molecule has 7 nitrogen and oxygen atoms in total. The van der Waals surface area contributed by atoms with Gasteiger partial charge in [-0.15, -0.1) is 0 Å². The van der Waals surface area contributed by atoms with Gasteiger partial charge in [0, 0.05) is 49.5 Å². The number of aromatic nitrogens is 2. The first-order chi connectivity index (χ1) is 16.2. The molecule has 1 aromatic carbocycles. The van der Waals surface area contributed by atoms with Gasteiger partial charge in [-0.2, -0.15) is 5.26 Å². The maximum absolute atomic E-state index is 13.1. The highest BCUT2D eigenvalue weighted by Crippen LogP contribution is 2.29. The fourth-order valence-corrected chi connectivity index (χ4v) is 5.11. The van der Waals surface area contributed by atoms with Crippen molar-refractivity contribution in [3.8, 4) is 6.07 Å². The van der Waals surface area contributed by atoms with E-state index in [2.05, 4.69) is 37.6 Å². The normalized spacial score (nSPS) is 17.8. The highest BCUT2D eigenvalue weighted by molar-refractivity contribution is 6.06. The van der Waals surface area contributed by atoms with Crippen molar-refractivity contribution in [3.05, 3.63) is 59.4 Å². The van der Waals surface area contributed by atoms with E-state index in [0.29, 0.717) is 17.2 Å². The predicted octanol–water partition coefficient (Wildman–Crippen LogP) is 4.18. The number of carbonyl (C=O) groups is 1. The number of H-pyrrole nitrogens is 1. The van der Waals surface area contributed by atoms with E-state index < -0.39 is 0 Å². The molecule has 33 heavy (non-hydrogen) atoms. The molecule has 1 amide bonds. The Hall–Kier alpha value is -3.37. The number of nitriles is 1. The van der Waals surface area contributed by atoms with Gasteiger partial charge in [0.25, 0.3) is 5.91 Å². The average Bonchev–Trinajstić information content (AvgIpc) is 3.53. The number of likely N-dealkylation sites (tertiary alicyclic amines) is 1. The van der Waals surface area contributed by atoms with Crippen molar-refractivity contribution in [2.24, 2.45) is 0 Å². The number of anilines is 1. The van der Waals surface area contributed by atoms with E-state index in [1.54, 1.807) is 6.20 Å². The van der Waals surface area contributed by atoms with Crippen LogP contribution in [-0.2, 0) is 6.54 Å². The second-order valence-electron chi connectivity index (χ2n) is 9.25. The summed E-state index contributed by atoms with van der Waals surface area (Å²) in [6, 6.07) is 12.6. The minimum absolute atomic E-state index is 0.0326. The lowest BCUT2D eigenvalue weighted by Crippen LogP contribution is -2.39. The predicted molar refractivity (Wildman–Crippen MR) is 129 cm³/mol. The molecule has 170 valence electrons. The van der Waals surface area contributed by atoms with E-state index in [0.717, 1.165) is 62.0 Å². The van der Waals surface area contributed by atoms with Crippen LogP contribution >= 0.6 is 0 Å². The fraction of sp³-hybridized carbons (Fsp3) is 0.423. The van der Waals surface area contributed by atoms with Crippen molar-refractivity contribution in [2.75, 3.05) is 18.4 Å². The van der Waals surface area contributed by atoms with Crippen molar-refractivity contribution in [3.63, 3.8) is 0 Å². The number of carbonyl (C=O) groups excluding carboxylic acids is 1. The Morgan fingerprint density at radius 1 is 1.15 bits per heavy atom. The van der Waals surface area contributed by atoms with Gasteiger partial charge in [0.1, 0.15) is 5.65 Å². The quantitative estimate of drug-likeness (QED) is 0.532. The number of benzene rings is 1. The minimum Gasteiger partial charge on any atom is -0.381 e. The Balaban J connectivity index is 1.26. The smallest absolute Gasteiger partial charge is 0.255 e. The molecule has 5 rings (SSSR count). The second kappa shape index (κ2) is 9.63. The molecule has 3 aromatic rings. The third-order valence-corrected chi connectivity index (χ3v) is 6.92. The van der Waals surface area contributed by atoms with Gasteiger partial charge in [0.15, 0.2) is 0 Å². The van der Waals surface area contributed by atoms with Gasteiger partial charge in [-0.1, -0.05) is 25.0 Å². The molecule has 0 bridgehead atoms. The SMILES string of the molecule is N#Cc1cccc(CN2CCC(Nc3c(C(=O)NC4CCCC4)cnc4[nH]ccc34)CC2)c1. The molecule has 1 aliphatic carbocycles. The van der Waals surface area contributed by atoms with Gasteiger partial charge < -0.3 is 15.6 Å². The zero-order chi connectivity index (χ0) is 22.6. The molecule has 1 saturated carbocycles. The Morgan fingerprint density at radius 2 is 1.97 bits per heavy atom. The molecule has 0 unspecified atom stereocenters. The summed E-state index contributed by atoms with van der Waals surface area (Å²) in [6.07, 6.45) is 10.1. The van der Waals surface area contributed by atoms with Crippen LogP contribution < -0.4 is 10.6 Å². The summed E-state index contributed by atoms with van der Waals surface area (Å²) in [7, 11) is 0. The van der Waals surface area contributed by atoms with Crippen LogP contribution in [0.5, 0.6) is 0 Å². The summed E-state index contributed by atoms with van der Waals surface area (Å²) < 4.78 is 0. The summed E-state index contributed by atoms with van der Waals surface area (Å²) in [5.41, 5.74) is 4.20. The van der Waals surface area contributed by atoms with Gasteiger partial charge in [-0.05, 0) is 49.4 Å². The first-order valence-corrected chi connectivity index (χ1v) is 11.9. The van der Waals surface area contributed by atoms with E-state index in [4.69, 9.17) is 5.26 Å². The van der Waals surface area contributed by atoms with Crippen molar-refractivity contribution in [1.82, 2.24) is 20.2 Å². The molecule has 7 heteroatoms. The number of pyridine rings is 1. The lowest BCUT2D eigenvalue weighted by atomic mass is 10.0. The third-order valence-electron chi connectivity index (χ3n) is 6.92. The van der Waals surface area contributed by atoms with Gasteiger partial charge in [-0.25, -0.2) is 4.98 Å². The Labute approximate surface area is 194 Å². The highest BCUT2D eigenvalue weighted by atomic mass is 16.1. The van der Waals surface area contributed by atoms with Crippen LogP contribution in [0.2, 0.25) is 0 Å². The monoisotopic (exact) mass is 442 g/mol. The molecule has 1 saturated heterocycles. The molecule has 3 heterocycles. The maximum atomic E-state index is 13.1. The number of fused-ring (bicyclic) bond motifs is 1. The number of rotatable bonds is 6. The number of piperidine rings is 1. The molecule has 1 aliphatic heterocycles. The first kappa shape index (κ1) is 21.5. The topological polar surface area (TPSA) is 96.8 Å². The second-order valence-corrected chi connectivity index (χ2v) is 9.25. The van der Waals surface area contributed by atoms with E-state index in [1.165, 1.54) is 18.4 Å². The maximum Gasteiger partial charge on any atom is 0.255 e. The van der Waals surface area contributed by atoms with Crippen molar-refractivity contribution >= 4 is 22.6 Å². The molecule has 3 N–H and O–H groups in total. The molecular formula is C26H30N6O. The van der Waals surface area contributed by atoms with E-state index in [-0.39, 0.29) is 11.9 Å². The Morgan fingerprint density at radius 3 is 2.76 bits per heavy atom. The van der Waals surface area contributed by atoms with Gasteiger partial charge in [-0.3, -0.25) is 9.69 Å². The minimum atomic E-state index is -0.0326. The molecule has 2 aliphatic rings. The first-order valence-electron chi connectivity index (χ1n) is 11.9. The summed E-state index contributed by atoms with van der Waals surface area (Å²) >= 11 is 0. The number of aromatic amines is 1. The molecule has 2 aromatic heterocycles. The van der Waals surface area contributed by atoms with Crippen LogP contribution in [0.15, 0.2) is 42.7 Å². The van der Waals surface area contributed by atoms with Crippen LogP contribution in [0.4, 0.5) is 5.69 Å². The Bertz CT molecular complexity index is 1160. The number of nitrogens with zero attached hydrogens (tertiary/aromatic N) is 3. The summed E-state index contributed by atoms with van der Waals surface area (Å²) in [4.78, 5) is 23.2. The number of amides is 1. The zero-order valence-corrected chi connectivity index (χ0v) is 18.8. The summed E-state index contributed by atoms with van der Waals surface area (Å²) in [6.45, 7) is 2.80. The number of hydrogen-bond donors (Lipinski definition) is 3. The number of nitrogens with one attached hydrogen (secondary N) is 3. The highest BCUT2D eigenvalue weighted by Gasteiger charge is 2.25. The van der Waals surface area contributed by atoms with Crippen LogP contribution in [0.1, 0.15) is 60.0 Å². The van der Waals surface area contributed by atoms with Gasteiger partial charge in [0.2, 0.25) is 0 Å². The van der Waals surface area contributed by atoms with Crippen LogP contribution in [-0.4, -0.2) is 45.9 Å². The molecule has 2 fully saturated rings. The molecule has 0 spiro atoms. The van der Waals surface area contributed by atoms with Crippen molar-refractivity contribution in [2.45, 2.75) is 57.2 Å². The standard InChI is InChI=1S/C26H30N6O/c27-15-18-4-3-5-19(14-18)17-32-12-9-21(10-13-32)30-24-22-8-11-28-25(22)29-16-23(24)26(33)31-20-6-1-2-7-20/h3-5,8,11,14,16,20-21H,1-2,6-7,9-10,12-13,17H2,(H,31,33)(H2,28,29,30). The van der Waals surface area contributed by atoms with E-state index in [9.17, 15) is 4.79 Å². The van der Waals surface area contributed by atoms with Crippen molar-refractivity contribution < 1.29 is 4.79 Å². The summed E-state index contributed by atoms with van der Waals surface area (Å²) in [5, 5.41) is 17.0. The van der Waals surface area contributed by atoms with Gasteiger partial charge in [0.05, 0.1) is 22.9 Å². The van der Waals surface area contributed by atoms with E-state index >= 15 is 0 Å². The lowest BCUT2D eigenvalue weighted by molar-refractivity contribution is 0.0938. The zero-order valence-electron chi connectivity index (χ0n) is 18.8. The Kier molecular flexibility index (Phi) is 6.27. The fourth-order valence-electron chi connectivity index (χ4n) is 5.11. The van der Waals surface area contributed by atoms with E-state index in [1.807, 2.05) is 30.5 Å². The van der Waals surface area contributed by atoms with Crippen molar-refractivity contribution in [1.29, 1.82) is 5.26 Å². The third kappa shape index (κ3) is 4.86. The molecular weight excluding hydrogens is 412 g/mol. The van der Waals surface area contributed by atoms with Crippen LogP contribution in [0.3, 0.4) is 0 Å². The molecule has 0 atom stereocenters.